The highest BCUT2D eigenvalue weighted by atomic mass is 16.2. The maximum atomic E-state index is 12.1. The Hall–Kier alpha value is -2.08. The fraction of sp³-hybridized carbons (Fsp3) is 0.429. The number of carbonyl (C=O) groups is 2. The van der Waals surface area contributed by atoms with Crippen LogP contribution in [0.1, 0.15) is 18.4 Å². The molecule has 3 amide bonds. The molecule has 0 bridgehead atoms. The van der Waals surface area contributed by atoms with E-state index in [1.165, 1.54) is 0 Å². The van der Waals surface area contributed by atoms with Crippen molar-refractivity contribution in [3.05, 3.63) is 29.8 Å². The van der Waals surface area contributed by atoms with Gasteiger partial charge in [-0.3, -0.25) is 4.79 Å². The van der Waals surface area contributed by atoms with Crippen molar-refractivity contribution in [1.29, 1.82) is 0 Å². The van der Waals surface area contributed by atoms with E-state index in [1.54, 1.807) is 4.90 Å². The minimum absolute atomic E-state index is 0.198. The quantitative estimate of drug-likeness (QED) is 0.763. The van der Waals surface area contributed by atoms with Crippen LogP contribution < -0.4 is 16.8 Å². The molecule has 1 aliphatic rings. The van der Waals surface area contributed by atoms with Crippen LogP contribution in [0.3, 0.4) is 0 Å². The molecule has 1 aromatic carbocycles. The van der Waals surface area contributed by atoms with Gasteiger partial charge in [-0.1, -0.05) is 12.1 Å². The third-order valence-electron chi connectivity index (χ3n) is 3.55. The first-order valence-electron chi connectivity index (χ1n) is 6.74. The van der Waals surface area contributed by atoms with Gasteiger partial charge in [0.25, 0.3) is 0 Å². The second-order valence-electron chi connectivity index (χ2n) is 5.02. The fourth-order valence-corrected chi connectivity index (χ4v) is 2.32. The van der Waals surface area contributed by atoms with Crippen molar-refractivity contribution in [2.45, 2.75) is 19.4 Å². The van der Waals surface area contributed by atoms with Crippen molar-refractivity contribution < 1.29 is 9.59 Å². The van der Waals surface area contributed by atoms with Gasteiger partial charge in [0.2, 0.25) is 5.91 Å². The molecule has 6 heteroatoms. The molecule has 0 aromatic heterocycles. The van der Waals surface area contributed by atoms with Crippen LogP contribution in [0.25, 0.3) is 0 Å². The zero-order valence-electron chi connectivity index (χ0n) is 11.3. The van der Waals surface area contributed by atoms with E-state index in [0.717, 1.165) is 18.4 Å². The summed E-state index contributed by atoms with van der Waals surface area (Å²) in [5, 5.41) is 2.82. The standard InChI is InChI=1S/C14H20N4O2/c15-8-10-3-5-12(6-4-10)17-14(20)18-7-1-2-11(9-18)13(16)19/h3-6,11H,1-2,7-9,15H2,(H2,16,19)(H,17,20). The Morgan fingerprint density at radius 2 is 2.00 bits per heavy atom. The molecule has 0 spiro atoms. The van der Waals surface area contributed by atoms with Crippen LogP contribution in [-0.4, -0.2) is 29.9 Å². The van der Waals surface area contributed by atoms with Gasteiger partial charge in [0.1, 0.15) is 0 Å². The van der Waals surface area contributed by atoms with E-state index < -0.39 is 0 Å². The number of hydrogen-bond acceptors (Lipinski definition) is 3. The molecule has 1 fully saturated rings. The first-order valence-corrected chi connectivity index (χ1v) is 6.74. The van der Waals surface area contributed by atoms with Crippen LogP contribution in [-0.2, 0) is 11.3 Å². The number of likely N-dealkylation sites (tertiary alicyclic amines) is 1. The molecule has 108 valence electrons. The zero-order valence-corrected chi connectivity index (χ0v) is 11.3. The number of urea groups is 1. The molecule has 1 heterocycles. The number of nitrogens with one attached hydrogen (secondary N) is 1. The number of hydrogen-bond donors (Lipinski definition) is 3. The molecule has 1 saturated heterocycles. The van der Waals surface area contributed by atoms with Gasteiger partial charge in [0, 0.05) is 25.3 Å². The summed E-state index contributed by atoms with van der Waals surface area (Å²) in [6.07, 6.45) is 1.55. The number of rotatable bonds is 3. The predicted octanol–water partition coefficient (Wildman–Crippen LogP) is 0.875. The lowest BCUT2D eigenvalue weighted by atomic mass is 9.98. The summed E-state index contributed by atoms with van der Waals surface area (Å²) in [4.78, 5) is 25.0. The average molecular weight is 276 g/mol. The maximum Gasteiger partial charge on any atom is 0.321 e. The van der Waals surface area contributed by atoms with Gasteiger partial charge in [-0.25, -0.2) is 4.79 Å². The summed E-state index contributed by atoms with van der Waals surface area (Å²) >= 11 is 0. The maximum absolute atomic E-state index is 12.1. The highest BCUT2D eigenvalue weighted by Crippen LogP contribution is 2.17. The van der Waals surface area contributed by atoms with Gasteiger partial charge >= 0.3 is 6.03 Å². The van der Waals surface area contributed by atoms with Crippen molar-refractivity contribution in [3.63, 3.8) is 0 Å². The van der Waals surface area contributed by atoms with Crippen LogP contribution in [0, 0.1) is 5.92 Å². The van der Waals surface area contributed by atoms with E-state index in [0.29, 0.717) is 25.3 Å². The Bertz CT molecular complexity index is 486. The van der Waals surface area contributed by atoms with E-state index in [4.69, 9.17) is 11.5 Å². The largest absolute Gasteiger partial charge is 0.369 e. The lowest BCUT2D eigenvalue weighted by molar-refractivity contribution is -0.123. The lowest BCUT2D eigenvalue weighted by Gasteiger charge is -2.31. The minimum Gasteiger partial charge on any atom is -0.369 e. The third kappa shape index (κ3) is 3.48. The molecule has 0 radical (unpaired) electrons. The van der Waals surface area contributed by atoms with E-state index in [1.807, 2.05) is 24.3 Å². The number of piperidine rings is 1. The Morgan fingerprint density at radius 3 is 2.60 bits per heavy atom. The van der Waals surface area contributed by atoms with Crippen molar-refractivity contribution >= 4 is 17.6 Å². The number of nitrogens with zero attached hydrogens (tertiary/aromatic N) is 1. The third-order valence-corrected chi connectivity index (χ3v) is 3.55. The Morgan fingerprint density at radius 1 is 1.30 bits per heavy atom. The van der Waals surface area contributed by atoms with Crippen LogP contribution >= 0.6 is 0 Å². The highest BCUT2D eigenvalue weighted by Gasteiger charge is 2.26. The van der Waals surface area contributed by atoms with Crippen molar-refractivity contribution in [3.8, 4) is 0 Å². The zero-order chi connectivity index (χ0) is 14.5. The molecule has 1 unspecified atom stereocenters. The Labute approximate surface area is 118 Å². The molecule has 2 rings (SSSR count). The minimum atomic E-state index is -0.338. The number of nitrogens with two attached hydrogens (primary N) is 2. The Balaban J connectivity index is 1.95. The summed E-state index contributed by atoms with van der Waals surface area (Å²) in [5.74, 6) is -0.580. The van der Waals surface area contributed by atoms with Gasteiger partial charge in [0.15, 0.2) is 0 Å². The van der Waals surface area contributed by atoms with Gasteiger partial charge in [0.05, 0.1) is 5.92 Å². The second kappa shape index (κ2) is 6.38. The SMILES string of the molecule is NCc1ccc(NC(=O)N2CCCC(C(N)=O)C2)cc1. The molecule has 0 saturated carbocycles. The first kappa shape index (κ1) is 14.3. The molecular formula is C14H20N4O2. The number of carbonyl (C=O) groups excluding carboxylic acids is 2. The van der Waals surface area contributed by atoms with Crippen LogP contribution in [0.4, 0.5) is 10.5 Å². The van der Waals surface area contributed by atoms with E-state index in [-0.39, 0.29) is 17.9 Å². The molecule has 20 heavy (non-hydrogen) atoms. The first-order chi connectivity index (χ1) is 9.60. The highest BCUT2D eigenvalue weighted by molar-refractivity contribution is 5.90. The topological polar surface area (TPSA) is 101 Å². The lowest BCUT2D eigenvalue weighted by Crippen LogP contribution is -2.45. The van der Waals surface area contributed by atoms with Crippen LogP contribution in [0.5, 0.6) is 0 Å². The van der Waals surface area contributed by atoms with Crippen molar-refractivity contribution in [2.24, 2.45) is 17.4 Å². The molecule has 1 aromatic rings. The number of amides is 3. The molecule has 5 N–H and O–H groups in total. The molecular weight excluding hydrogens is 256 g/mol. The Kier molecular flexibility index (Phi) is 4.57. The summed E-state index contributed by atoms with van der Waals surface area (Å²) < 4.78 is 0. The van der Waals surface area contributed by atoms with Gasteiger partial charge in [-0.05, 0) is 30.5 Å². The van der Waals surface area contributed by atoms with Gasteiger partial charge < -0.3 is 21.7 Å². The van der Waals surface area contributed by atoms with Gasteiger partial charge in [-0.15, -0.1) is 0 Å². The van der Waals surface area contributed by atoms with Crippen LogP contribution in [0.2, 0.25) is 0 Å². The molecule has 1 atom stereocenters. The molecule has 6 nitrogen and oxygen atoms in total. The van der Waals surface area contributed by atoms with Crippen molar-refractivity contribution in [1.82, 2.24) is 4.90 Å². The van der Waals surface area contributed by atoms with E-state index in [9.17, 15) is 9.59 Å². The number of anilines is 1. The van der Waals surface area contributed by atoms with Gasteiger partial charge in [-0.2, -0.15) is 0 Å². The van der Waals surface area contributed by atoms with Crippen LogP contribution in [0.15, 0.2) is 24.3 Å². The van der Waals surface area contributed by atoms with E-state index >= 15 is 0 Å². The molecule has 1 aliphatic heterocycles. The van der Waals surface area contributed by atoms with Crippen molar-refractivity contribution in [2.75, 3.05) is 18.4 Å². The monoisotopic (exact) mass is 276 g/mol. The predicted molar refractivity (Wildman–Crippen MR) is 76.8 cm³/mol. The summed E-state index contributed by atoms with van der Waals surface area (Å²) in [7, 11) is 0. The summed E-state index contributed by atoms with van der Waals surface area (Å²) in [6.45, 7) is 1.51. The summed E-state index contributed by atoms with van der Waals surface area (Å²) in [6, 6.07) is 7.18. The number of benzene rings is 1. The molecule has 0 aliphatic carbocycles. The normalized spacial score (nSPS) is 18.6. The summed E-state index contributed by atoms with van der Waals surface area (Å²) in [5.41, 5.74) is 12.6. The van der Waals surface area contributed by atoms with E-state index in [2.05, 4.69) is 5.32 Å². The average Bonchev–Trinajstić information content (AvgIpc) is 2.48. The smallest absolute Gasteiger partial charge is 0.321 e. The number of primary amides is 1. The fourth-order valence-electron chi connectivity index (χ4n) is 2.32. The second-order valence-corrected chi connectivity index (χ2v) is 5.02.